The van der Waals surface area contributed by atoms with Crippen molar-refractivity contribution in [3.63, 3.8) is 0 Å². The molecule has 2 spiro atoms. The van der Waals surface area contributed by atoms with E-state index in [9.17, 15) is 20.1 Å². The molecule has 0 amide bonds. The van der Waals surface area contributed by atoms with Gasteiger partial charge in [-0.1, -0.05) is 34.6 Å². The van der Waals surface area contributed by atoms with Crippen molar-refractivity contribution in [2.24, 2.45) is 56.7 Å². The van der Waals surface area contributed by atoms with Crippen LogP contribution in [-0.4, -0.2) is 70.6 Å². The second-order valence-corrected chi connectivity index (χ2v) is 18.0. The van der Waals surface area contributed by atoms with Gasteiger partial charge in [-0.2, -0.15) is 0 Å². The molecule has 0 aromatic rings. The minimum Gasteiger partial charge on any atom is -0.456 e. The van der Waals surface area contributed by atoms with E-state index in [4.69, 9.17) is 14.2 Å². The van der Waals surface area contributed by atoms with E-state index in [1.54, 1.807) is 13.8 Å². The van der Waals surface area contributed by atoms with E-state index >= 15 is 0 Å². The second kappa shape index (κ2) is 9.65. The van der Waals surface area contributed by atoms with Crippen LogP contribution in [0.2, 0.25) is 0 Å². The van der Waals surface area contributed by atoms with E-state index < -0.39 is 23.9 Å². The van der Waals surface area contributed by atoms with Crippen LogP contribution in [0.3, 0.4) is 0 Å². The summed E-state index contributed by atoms with van der Waals surface area (Å²) in [5.41, 5.74) is -1.11. The lowest BCUT2D eigenvalue weighted by atomic mass is 9.41. The molecule has 2 saturated heterocycles. The minimum atomic E-state index is -1.27. The van der Waals surface area contributed by atoms with Crippen molar-refractivity contribution in [3.8, 4) is 0 Å². The van der Waals surface area contributed by atoms with E-state index in [0.29, 0.717) is 49.7 Å². The molecule has 2 heterocycles. The van der Waals surface area contributed by atoms with Crippen LogP contribution in [0.25, 0.3) is 0 Å². The topological polar surface area (TPSA) is 105 Å². The fourth-order valence-electron chi connectivity index (χ4n) is 13.4. The molecule has 5 saturated carbocycles. The molecule has 7 rings (SSSR count). The first kappa shape index (κ1) is 30.9. The number of esters is 1. The van der Waals surface area contributed by atoms with Crippen LogP contribution in [0, 0.1) is 56.7 Å². The molecular weight excluding hydrogens is 544 g/mol. The van der Waals surface area contributed by atoms with Gasteiger partial charge >= 0.3 is 5.97 Å². The Labute approximate surface area is 258 Å². The normalized spacial score (nSPS) is 53.0. The van der Waals surface area contributed by atoms with Gasteiger partial charge in [0.05, 0.1) is 35.9 Å². The number of rotatable bonds is 4. The van der Waals surface area contributed by atoms with Gasteiger partial charge in [0.2, 0.25) is 0 Å². The van der Waals surface area contributed by atoms with Crippen molar-refractivity contribution >= 4 is 5.97 Å². The van der Waals surface area contributed by atoms with Crippen molar-refractivity contribution in [3.05, 3.63) is 0 Å². The smallest absolute Gasteiger partial charge is 0.309 e. The maximum absolute atomic E-state index is 13.2. The maximum Gasteiger partial charge on any atom is 0.309 e. The van der Waals surface area contributed by atoms with Crippen molar-refractivity contribution in [2.45, 2.75) is 149 Å². The number of aliphatic hydroxyl groups is 3. The fourth-order valence-corrected chi connectivity index (χ4v) is 13.4. The van der Waals surface area contributed by atoms with Crippen molar-refractivity contribution in [2.75, 3.05) is 13.2 Å². The van der Waals surface area contributed by atoms with Gasteiger partial charge in [0.25, 0.3) is 0 Å². The highest BCUT2D eigenvalue weighted by molar-refractivity contribution is 5.72. The Hall–Kier alpha value is -0.730. The molecule has 8 unspecified atom stereocenters. The highest BCUT2D eigenvalue weighted by Crippen LogP contribution is 2.89. The molecule has 244 valence electrons. The van der Waals surface area contributed by atoms with E-state index in [0.717, 1.165) is 32.1 Å². The van der Waals surface area contributed by atoms with E-state index in [1.807, 2.05) is 0 Å². The maximum atomic E-state index is 13.2. The monoisotopic (exact) mass is 602 g/mol. The number of carbonyl (C=O) groups is 1. The lowest BCUT2D eigenvalue weighted by Gasteiger charge is -2.63. The Morgan fingerprint density at radius 2 is 1.58 bits per heavy atom. The minimum absolute atomic E-state index is 0.0549. The van der Waals surface area contributed by atoms with E-state index in [1.165, 1.54) is 12.8 Å². The van der Waals surface area contributed by atoms with Crippen LogP contribution in [0.5, 0.6) is 0 Å². The fraction of sp³-hybridized carbons (Fsp3) is 0.972. The van der Waals surface area contributed by atoms with Crippen molar-refractivity contribution in [1.29, 1.82) is 0 Å². The molecule has 3 N–H and O–H groups in total. The first-order chi connectivity index (χ1) is 20.0. The number of fused-ring (bicyclic) bond motifs is 4. The highest BCUT2D eigenvalue weighted by Gasteiger charge is 2.84. The number of ether oxygens (including phenoxy) is 3. The first-order valence-electron chi connectivity index (χ1n) is 17.6. The van der Waals surface area contributed by atoms with Gasteiger partial charge in [0.15, 0.2) is 6.10 Å². The molecule has 0 radical (unpaired) electrons. The summed E-state index contributed by atoms with van der Waals surface area (Å²) in [6, 6.07) is 0. The molecule has 7 aliphatic rings. The predicted octanol–water partition coefficient (Wildman–Crippen LogP) is 5.27. The summed E-state index contributed by atoms with van der Waals surface area (Å²) in [7, 11) is 0. The molecule has 7 fully saturated rings. The largest absolute Gasteiger partial charge is 0.456 e. The summed E-state index contributed by atoms with van der Waals surface area (Å²) < 4.78 is 18.5. The Morgan fingerprint density at radius 3 is 2.26 bits per heavy atom. The molecule has 7 nitrogen and oxygen atoms in total. The lowest BCUT2D eigenvalue weighted by Crippen LogP contribution is -2.59. The summed E-state index contributed by atoms with van der Waals surface area (Å²) >= 11 is 0. The summed E-state index contributed by atoms with van der Waals surface area (Å²) in [5, 5.41) is 34.8. The number of hydrogen-bond acceptors (Lipinski definition) is 7. The number of aliphatic hydroxyl groups excluding tert-OH is 2. The van der Waals surface area contributed by atoms with Crippen LogP contribution in [0.4, 0.5) is 0 Å². The van der Waals surface area contributed by atoms with Crippen LogP contribution in [0.1, 0.15) is 113 Å². The molecule has 0 bridgehead atoms. The highest BCUT2D eigenvalue weighted by atomic mass is 16.6. The summed E-state index contributed by atoms with van der Waals surface area (Å²) in [6.07, 6.45) is 7.35. The Kier molecular flexibility index (Phi) is 6.94. The molecule has 5 aliphatic carbocycles. The average Bonchev–Trinajstić information content (AvgIpc) is 3.58. The third-order valence-corrected chi connectivity index (χ3v) is 15.6. The SMILES string of the molecule is C[C@@H]1CC(C(OC(=O)C2CCOCC2)C(C)(C)O)OC2[C@H]1C1(C)CCC34CC35CCC(O)C(C)(C)[C@@H]5CCC4[C@]1(C)[C@H]2O. The van der Waals surface area contributed by atoms with Gasteiger partial charge in [-0.25, -0.2) is 0 Å². The summed E-state index contributed by atoms with van der Waals surface area (Å²) in [5.74, 6) is 0.976. The quantitative estimate of drug-likeness (QED) is 0.377. The standard InChI is InChI=1S/C36H58O7/c1-20-18-22(29(32(4,5)40)43-30(39)21-11-16-41-17-12-21)42-27-26(20)33(6)14-15-36-19-35(36)13-10-25(37)31(2,3)23(35)8-9-24(36)34(33,7)28(27)38/h20-29,37-38,40H,8-19H2,1-7H3/t20-,22?,23+,24?,25?,26+,27?,28+,29?,33?,34-,35?,36?/m1/s1. The summed E-state index contributed by atoms with van der Waals surface area (Å²) in [6.45, 7) is 16.3. The van der Waals surface area contributed by atoms with Gasteiger partial charge in [-0.15, -0.1) is 0 Å². The third kappa shape index (κ3) is 3.93. The van der Waals surface area contributed by atoms with Gasteiger partial charge in [0, 0.05) is 18.6 Å². The van der Waals surface area contributed by atoms with Crippen LogP contribution in [-0.2, 0) is 19.0 Å². The van der Waals surface area contributed by atoms with Gasteiger partial charge in [0.1, 0.15) is 0 Å². The van der Waals surface area contributed by atoms with Gasteiger partial charge in [-0.3, -0.25) is 4.79 Å². The summed E-state index contributed by atoms with van der Waals surface area (Å²) in [4.78, 5) is 13.2. The van der Waals surface area contributed by atoms with Gasteiger partial charge in [-0.05, 0) is 123 Å². The molecule has 13 atom stereocenters. The third-order valence-electron chi connectivity index (χ3n) is 15.6. The van der Waals surface area contributed by atoms with Crippen LogP contribution < -0.4 is 0 Å². The second-order valence-electron chi connectivity index (χ2n) is 18.0. The zero-order valence-corrected chi connectivity index (χ0v) is 27.7. The van der Waals surface area contributed by atoms with Crippen LogP contribution >= 0.6 is 0 Å². The molecular formula is C36H58O7. The van der Waals surface area contributed by atoms with Crippen molar-refractivity contribution in [1.82, 2.24) is 0 Å². The molecule has 2 aliphatic heterocycles. The number of hydrogen-bond donors (Lipinski definition) is 3. The number of carbonyl (C=O) groups excluding carboxylic acids is 1. The average molecular weight is 603 g/mol. The Bertz CT molecular complexity index is 1130. The predicted molar refractivity (Wildman–Crippen MR) is 162 cm³/mol. The van der Waals surface area contributed by atoms with Gasteiger partial charge < -0.3 is 29.5 Å². The molecule has 7 heteroatoms. The Morgan fingerprint density at radius 1 is 0.930 bits per heavy atom. The Balaban J connectivity index is 1.17. The van der Waals surface area contributed by atoms with E-state index in [-0.39, 0.29) is 57.6 Å². The molecule has 0 aromatic heterocycles. The van der Waals surface area contributed by atoms with E-state index in [2.05, 4.69) is 34.6 Å². The lowest BCUT2D eigenvalue weighted by molar-refractivity contribution is -0.220. The molecule has 43 heavy (non-hydrogen) atoms. The first-order valence-corrected chi connectivity index (χ1v) is 17.6. The van der Waals surface area contributed by atoms with Crippen LogP contribution in [0.15, 0.2) is 0 Å². The van der Waals surface area contributed by atoms with Crippen molar-refractivity contribution < 1.29 is 34.3 Å². The molecule has 0 aromatic carbocycles. The zero-order chi connectivity index (χ0) is 31.0. The zero-order valence-electron chi connectivity index (χ0n) is 27.7.